The highest BCUT2D eigenvalue weighted by Gasteiger charge is 2.23. The van der Waals surface area contributed by atoms with Crippen LogP contribution in [0, 0.1) is 0 Å². The predicted molar refractivity (Wildman–Crippen MR) is 57.8 cm³/mol. The van der Waals surface area contributed by atoms with E-state index in [2.05, 4.69) is 27.4 Å². The van der Waals surface area contributed by atoms with Crippen molar-refractivity contribution in [2.75, 3.05) is 7.05 Å². The molecule has 0 aromatic carbocycles. The van der Waals surface area contributed by atoms with Gasteiger partial charge in [-0.2, -0.15) is 5.10 Å². The van der Waals surface area contributed by atoms with Crippen LogP contribution in [0.1, 0.15) is 24.6 Å². The molecular formula is C8H15Cl2N3. The Morgan fingerprint density at radius 2 is 2.23 bits per heavy atom. The van der Waals surface area contributed by atoms with Gasteiger partial charge in [0.05, 0.1) is 11.7 Å². The van der Waals surface area contributed by atoms with Gasteiger partial charge in [-0.05, 0) is 26.0 Å². The van der Waals surface area contributed by atoms with E-state index in [0.717, 1.165) is 12.2 Å². The van der Waals surface area contributed by atoms with Crippen LogP contribution in [-0.4, -0.2) is 16.8 Å². The van der Waals surface area contributed by atoms with Gasteiger partial charge in [-0.25, -0.2) is 0 Å². The van der Waals surface area contributed by atoms with Crippen LogP contribution in [0.15, 0.2) is 12.3 Å². The molecule has 2 rings (SSSR count). The molecule has 5 heteroatoms. The second-order valence-corrected chi connectivity index (χ2v) is 3.05. The fourth-order valence-corrected chi connectivity index (χ4v) is 1.20. The smallest absolute Gasteiger partial charge is 0.0762 e. The van der Waals surface area contributed by atoms with E-state index in [4.69, 9.17) is 0 Å². The van der Waals surface area contributed by atoms with Crippen molar-refractivity contribution in [1.82, 2.24) is 15.1 Å². The minimum Gasteiger partial charge on any atom is -0.314 e. The summed E-state index contributed by atoms with van der Waals surface area (Å²) in [5, 5.41) is 7.50. The van der Waals surface area contributed by atoms with Crippen molar-refractivity contribution < 1.29 is 0 Å². The van der Waals surface area contributed by atoms with Crippen LogP contribution in [0.25, 0.3) is 0 Å². The summed E-state index contributed by atoms with van der Waals surface area (Å²) in [5.74, 6) is 0. The van der Waals surface area contributed by atoms with Gasteiger partial charge in [0.15, 0.2) is 0 Å². The Hall–Kier alpha value is -0.250. The Bertz CT molecular complexity index is 245. The van der Waals surface area contributed by atoms with E-state index in [1.807, 2.05) is 7.05 Å². The molecular weight excluding hydrogens is 209 g/mol. The van der Waals surface area contributed by atoms with Crippen LogP contribution in [0.5, 0.6) is 0 Å². The van der Waals surface area contributed by atoms with E-state index in [-0.39, 0.29) is 24.8 Å². The van der Waals surface area contributed by atoms with E-state index in [0.29, 0.717) is 6.04 Å². The van der Waals surface area contributed by atoms with E-state index in [9.17, 15) is 0 Å². The summed E-state index contributed by atoms with van der Waals surface area (Å²) in [4.78, 5) is 0. The number of hydrogen-bond donors (Lipinski definition) is 1. The monoisotopic (exact) mass is 223 g/mol. The van der Waals surface area contributed by atoms with E-state index in [1.165, 1.54) is 12.8 Å². The van der Waals surface area contributed by atoms with Crippen molar-refractivity contribution in [3.63, 3.8) is 0 Å². The molecule has 1 N–H and O–H groups in total. The molecule has 1 aromatic rings. The summed E-state index contributed by atoms with van der Waals surface area (Å²) < 4.78 is 2.08. The first-order valence-corrected chi connectivity index (χ1v) is 4.09. The van der Waals surface area contributed by atoms with Crippen molar-refractivity contribution in [2.24, 2.45) is 0 Å². The van der Waals surface area contributed by atoms with Crippen LogP contribution in [-0.2, 0) is 6.54 Å². The minimum atomic E-state index is 0. The van der Waals surface area contributed by atoms with Crippen LogP contribution >= 0.6 is 24.8 Å². The van der Waals surface area contributed by atoms with Gasteiger partial charge >= 0.3 is 0 Å². The zero-order chi connectivity index (χ0) is 7.68. The number of rotatable bonds is 3. The third-order valence-electron chi connectivity index (χ3n) is 1.94. The van der Waals surface area contributed by atoms with Crippen molar-refractivity contribution in [3.05, 3.63) is 18.0 Å². The Balaban J connectivity index is 0.000000720. The fraction of sp³-hybridized carbons (Fsp3) is 0.625. The maximum atomic E-state index is 4.42. The molecule has 1 aliphatic carbocycles. The van der Waals surface area contributed by atoms with E-state index in [1.54, 1.807) is 0 Å². The zero-order valence-electron chi connectivity index (χ0n) is 7.56. The molecule has 0 radical (unpaired) electrons. The van der Waals surface area contributed by atoms with Gasteiger partial charge in [0, 0.05) is 12.7 Å². The number of halogens is 2. The molecule has 13 heavy (non-hydrogen) atoms. The molecule has 1 fully saturated rings. The Labute approximate surface area is 90.7 Å². The zero-order valence-corrected chi connectivity index (χ0v) is 9.20. The van der Waals surface area contributed by atoms with Crippen molar-refractivity contribution in [3.8, 4) is 0 Å². The molecule has 76 valence electrons. The molecule has 0 spiro atoms. The SMILES string of the molecule is CNCc1ccn(C2CC2)n1.Cl.Cl. The third-order valence-corrected chi connectivity index (χ3v) is 1.94. The van der Waals surface area contributed by atoms with Gasteiger partial charge in [0.25, 0.3) is 0 Å². The molecule has 1 aliphatic rings. The van der Waals surface area contributed by atoms with Gasteiger partial charge in [-0.1, -0.05) is 0 Å². The molecule has 3 nitrogen and oxygen atoms in total. The van der Waals surface area contributed by atoms with Crippen LogP contribution in [0.2, 0.25) is 0 Å². The van der Waals surface area contributed by atoms with Crippen LogP contribution in [0.3, 0.4) is 0 Å². The largest absolute Gasteiger partial charge is 0.314 e. The lowest BCUT2D eigenvalue weighted by atomic mass is 10.4. The fourth-order valence-electron chi connectivity index (χ4n) is 1.20. The minimum absolute atomic E-state index is 0. The van der Waals surface area contributed by atoms with Crippen molar-refractivity contribution >= 4 is 24.8 Å². The second-order valence-electron chi connectivity index (χ2n) is 3.05. The van der Waals surface area contributed by atoms with Gasteiger partial charge in [-0.15, -0.1) is 24.8 Å². The van der Waals surface area contributed by atoms with Gasteiger partial charge in [-0.3, -0.25) is 4.68 Å². The summed E-state index contributed by atoms with van der Waals surface area (Å²) in [6.45, 7) is 0.875. The average Bonchev–Trinajstić information content (AvgIpc) is 2.75. The molecule has 0 aliphatic heterocycles. The normalized spacial score (nSPS) is 14.5. The highest BCUT2D eigenvalue weighted by atomic mass is 35.5. The lowest BCUT2D eigenvalue weighted by Crippen LogP contribution is -2.06. The van der Waals surface area contributed by atoms with E-state index < -0.39 is 0 Å². The first-order chi connectivity index (χ1) is 5.40. The van der Waals surface area contributed by atoms with Gasteiger partial charge in [0.2, 0.25) is 0 Å². The first-order valence-electron chi connectivity index (χ1n) is 4.09. The van der Waals surface area contributed by atoms with Crippen LogP contribution < -0.4 is 5.32 Å². The molecule has 0 amide bonds. The Morgan fingerprint density at radius 3 is 2.77 bits per heavy atom. The molecule has 0 atom stereocenters. The highest BCUT2D eigenvalue weighted by Crippen LogP contribution is 2.33. The molecule has 1 aromatic heterocycles. The van der Waals surface area contributed by atoms with Gasteiger partial charge < -0.3 is 5.32 Å². The topological polar surface area (TPSA) is 29.9 Å². The first kappa shape index (κ1) is 12.8. The number of hydrogen-bond acceptors (Lipinski definition) is 2. The average molecular weight is 224 g/mol. The summed E-state index contributed by atoms with van der Waals surface area (Å²) in [7, 11) is 1.94. The van der Waals surface area contributed by atoms with Crippen molar-refractivity contribution in [1.29, 1.82) is 0 Å². The highest BCUT2D eigenvalue weighted by molar-refractivity contribution is 5.85. The summed E-state index contributed by atoms with van der Waals surface area (Å²) in [5.41, 5.74) is 1.14. The third kappa shape index (κ3) is 3.18. The second kappa shape index (κ2) is 5.47. The number of nitrogens with one attached hydrogen (secondary N) is 1. The molecule has 1 saturated carbocycles. The maximum absolute atomic E-state index is 4.42. The summed E-state index contributed by atoms with van der Waals surface area (Å²) in [6, 6.07) is 2.79. The lowest BCUT2D eigenvalue weighted by molar-refractivity contribution is 0.622. The van der Waals surface area contributed by atoms with Crippen LogP contribution in [0.4, 0.5) is 0 Å². The summed E-state index contributed by atoms with van der Waals surface area (Å²) in [6.07, 6.45) is 4.69. The maximum Gasteiger partial charge on any atom is 0.0762 e. The van der Waals surface area contributed by atoms with Crippen molar-refractivity contribution in [2.45, 2.75) is 25.4 Å². The molecule has 0 saturated heterocycles. The van der Waals surface area contributed by atoms with Gasteiger partial charge in [0.1, 0.15) is 0 Å². The number of nitrogens with zero attached hydrogens (tertiary/aromatic N) is 2. The lowest BCUT2D eigenvalue weighted by Gasteiger charge is -1.95. The quantitative estimate of drug-likeness (QED) is 0.848. The molecule has 0 unspecified atom stereocenters. The standard InChI is InChI=1S/C8H13N3.2ClH/c1-9-6-7-4-5-11(10-7)8-2-3-8;;/h4-5,8-9H,2-3,6H2,1H3;2*1H. The Morgan fingerprint density at radius 1 is 1.54 bits per heavy atom. The molecule has 0 bridgehead atoms. The van der Waals surface area contributed by atoms with E-state index >= 15 is 0 Å². The predicted octanol–water partition coefficient (Wildman–Crippen LogP) is 1.78. The molecule has 1 heterocycles. The summed E-state index contributed by atoms with van der Waals surface area (Å²) >= 11 is 0. The number of aromatic nitrogens is 2. The Kier molecular flexibility index (Phi) is 5.37.